The highest BCUT2D eigenvalue weighted by atomic mass is 19.1. The SMILES string of the molecule is O=c1c2ncccc2ncn1Cc1c(F)cc(-c2cnc3occc3c2)cc1F. The van der Waals surface area contributed by atoms with E-state index in [1.165, 1.54) is 37.1 Å². The molecule has 0 N–H and O–H groups in total. The third-order valence-corrected chi connectivity index (χ3v) is 4.69. The molecule has 0 spiro atoms. The lowest BCUT2D eigenvalue weighted by molar-refractivity contribution is 0.541. The van der Waals surface area contributed by atoms with Gasteiger partial charge in [0.1, 0.15) is 11.6 Å². The number of nitrogens with zero attached hydrogens (tertiary/aromatic N) is 4. The topological polar surface area (TPSA) is 73.8 Å². The fourth-order valence-electron chi connectivity index (χ4n) is 3.21. The average Bonchev–Trinajstić information content (AvgIpc) is 3.20. The van der Waals surface area contributed by atoms with Crippen LogP contribution in [0.15, 0.2) is 70.6 Å². The number of hydrogen-bond acceptors (Lipinski definition) is 5. The van der Waals surface area contributed by atoms with Crippen molar-refractivity contribution in [2.45, 2.75) is 6.54 Å². The zero-order valence-corrected chi connectivity index (χ0v) is 14.8. The Morgan fingerprint density at radius 2 is 1.83 bits per heavy atom. The summed E-state index contributed by atoms with van der Waals surface area (Å²) < 4.78 is 35.8. The maximum atomic E-state index is 14.8. The normalized spacial score (nSPS) is 11.4. The maximum Gasteiger partial charge on any atom is 0.280 e. The standard InChI is InChI=1S/C21H12F2N4O2/c22-16-7-13(14-6-12-3-5-29-20(12)25-9-14)8-17(23)15(16)10-27-11-26-18-2-1-4-24-19(18)21(27)28/h1-9,11H,10H2. The zero-order chi connectivity index (χ0) is 20.0. The quantitative estimate of drug-likeness (QED) is 0.467. The van der Waals surface area contributed by atoms with E-state index in [0.29, 0.717) is 22.4 Å². The van der Waals surface area contributed by atoms with Crippen LogP contribution in [-0.2, 0) is 6.54 Å². The summed E-state index contributed by atoms with van der Waals surface area (Å²) in [5, 5.41) is 0.730. The third kappa shape index (κ3) is 2.94. The second kappa shape index (κ2) is 6.59. The van der Waals surface area contributed by atoms with Crippen molar-refractivity contribution in [2.24, 2.45) is 0 Å². The van der Waals surface area contributed by atoms with Crippen molar-refractivity contribution < 1.29 is 13.2 Å². The fraction of sp³-hybridized carbons (Fsp3) is 0.0476. The summed E-state index contributed by atoms with van der Waals surface area (Å²) in [5.41, 5.74) is 1.21. The number of benzene rings is 1. The van der Waals surface area contributed by atoms with Crippen LogP contribution in [-0.4, -0.2) is 19.5 Å². The van der Waals surface area contributed by atoms with Crippen LogP contribution in [0.2, 0.25) is 0 Å². The second-order valence-electron chi connectivity index (χ2n) is 6.51. The first-order chi connectivity index (χ1) is 14.1. The number of hydrogen-bond donors (Lipinski definition) is 0. The largest absolute Gasteiger partial charge is 0.446 e. The van der Waals surface area contributed by atoms with Crippen LogP contribution in [0, 0.1) is 11.6 Å². The first-order valence-corrected chi connectivity index (χ1v) is 8.72. The first kappa shape index (κ1) is 17.2. The molecule has 0 radical (unpaired) electrons. The predicted molar refractivity (Wildman–Crippen MR) is 102 cm³/mol. The number of aromatic nitrogens is 4. The van der Waals surface area contributed by atoms with E-state index in [9.17, 15) is 13.6 Å². The molecule has 6 nitrogen and oxygen atoms in total. The van der Waals surface area contributed by atoms with Gasteiger partial charge < -0.3 is 4.42 Å². The molecule has 0 aliphatic heterocycles. The van der Waals surface area contributed by atoms with Crippen molar-refractivity contribution in [3.63, 3.8) is 0 Å². The Morgan fingerprint density at radius 1 is 1.00 bits per heavy atom. The second-order valence-corrected chi connectivity index (χ2v) is 6.51. The summed E-state index contributed by atoms with van der Waals surface area (Å²) in [6.45, 7) is -0.296. The Labute approximate surface area is 162 Å². The molecule has 0 saturated heterocycles. The van der Waals surface area contributed by atoms with E-state index in [2.05, 4.69) is 15.0 Å². The number of rotatable bonds is 3. The predicted octanol–water partition coefficient (Wildman–Crippen LogP) is 3.93. The summed E-state index contributed by atoms with van der Waals surface area (Å²) in [7, 11) is 0. The molecule has 0 unspecified atom stereocenters. The monoisotopic (exact) mass is 390 g/mol. The van der Waals surface area contributed by atoms with Gasteiger partial charge in [0.15, 0.2) is 5.52 Å². The molecule has 1 aromatic carbocycles. The van der Waals surface area contributed by atoms with Crippen molar-refractivity contribution in [2.75, 3.05) is 0 Å². The summed E-state index contributed by atoms with van der Waals surface area (Å²) in [5.74, 6) is -1.53. The molecule has 4 heterocycles. The molecular weight excluding hydrogens is 378 g/mol. The van der Waals surface area contributed by atoms with Crippen LogP contribution in [0.1, 0.15) is 5.56 Å². The van der Waals surface area contributed by atoms with Gasteiger partial charge in [-0.25, -0.2) is 23.7 Å². The minimum Gasteiger partial charge on any atom is -0.446 e. The number of halogens is 2. The van der Waals surface area contributed by atoms with Gasteiger partial charge in [-0.1, -0.05) is 0 Å². The van der Waals surface area contributed by atoms with Gasteiger partial charge >= 0.3 is 0 Å². The number of fused-ring (bicyclic) bond motifs is 2. The zero-order valence-electron chi connectivity index (χ0n) is 14.8. The summed E-state index contributed by atoms with van der Waals surface area (Å²) in [6.07, 6.45) is 5.71. The van der Waals surface area contributed by atoms with Crippen LogP contribution >= 0.6 is 0 Å². The van der Waals surface area contributed by atoms with Crippen LogP contribution in [0.4, 0.5) is 8.78 Å². The summed E-state index contributed by atoms with van der Waals surface area (Å²) >= 11 is 0. The average molecular weight is 390 g/mol. The Morgan fingerprint density at radius 3 is 2.66 bits per heavy atom. The van der Waals surface area contributed by atoms with E-state index < -0.39 is 17.2 Å². The lowest BCUT2D eigenvalue weighted by Crippen LogP contribution is -2.23. The Hall–Kier alpha value is -3.94. The van der Waals surface area contributed by atoms with E-state index in [1.54, 1.807) is 24.3 Å². The van der Waals surface area contributed by atoms with Crippen LogP contribution in [0.25, 0.3) is 33.3 Å². The van der Waals surface area contributed by atoms with Gasteiger partial charge in [-0.3, -0.25) is 9.36 Å². The summed E-state index contributed by atoms with van der Waals surface area (Å²) in [4.78, 5) is 24.8. The van der Waals surface area contributed by atoms with Crippen LogP contribution in [0.5, 0.6) is 0 Å². The fourth-order valence-corrected chi connectivity index (χ4v) is 3.21. The van der Waals surface area contributed by atoms with Crippen molar-refractivity contribution in [1.29, 1.82) is 0 Å². The summed E-state index contributed by atoms with van der Waals surface area (Å²) in [6, 6.07) is 9.21. The van der Waals surface area contributed by atoms with Crippen molar-refractivity contribution in [3.8, 4) is 11.1 Å². The molecule has 0 fully saturated rings. The molecule has 0 bridgehead atoms. The van der Waals surface area contributed by atoms with Gasteiger partial charge in [0.25, 0.3) is 5.56 Å². The molecule has 0 atom stereocenters. The lowest BCUT2D eigenvalue weighted by Gasteiger charge is -2.10. The van der Waals surface area contributed by atoms with Crippen LogP contribution < -0.4 is 5.56 Å². The minimum absolute atomic E-state index is 0.145. The van der Waals surface area contributed by atoms with E-state index >= 15 is 0 Å². The van der Waals surface area contributed by atoms with Crippen LogP contribution in [0.3, 0.4) is 0 Å². The molecular formula is C21H12F2N4O2. The lowest BCUT2D eigenvalue weighted by atomic mass is 10.0. The Bertz CT molecular complexity index is 1420. The van der Waals surface area contributed by atoms with E-state index in [-0.39, 0.29) is 17.6 Å². The van der Waals surface area contributed by atoms with Gasteiger partial charge in [0.05, 0.1) is 24.7 Å². The molecule has 0 aliphatic rings. The van der Waals surface area contributed by atoms with Crippen molar-refractivity contribution in [3.05, 3.63) is 88.9 Å². The van der Waals surface area contributed by atoms with Gasteiger partial charge in [-0.2, -0.15) is 0 Å². The van der Waals surface area contributed by atoms with E-state index in [1.807, 2.05) is 0 Å². The third-order valence-electron chi connectivity index (χ3n) is 4.69. The number of furan rings is 1. The number of pyridine rings is 2. The highest BCUT2D eigenvalue weighted by Crippen LogP contribution is 2.27. The van der Waals surface area contributed by atoms with Gasteiger partial charge in [0, 0.05) is 28.9 Å². The molecule has 0 saturated carbocycles. The van der Waals surface area contributed by atoms with E-state index in [0.717, 1.165) is 9.95 Å². The van der Waals surface area contributed by atoms with Crippen molar-refractivity contribution in [1.82, 2.24) is 19.5 Å². The Balaban J connectivity index is 1.55. The van der Waals surface area contributed by atoms with Gasteiger partial charge in [0.2, 0.25) is 5.71 Å². The molecule has 4 aromatic heterocycles. The van der Waals surface area contributed by atoms with E-state index in [4.69, 9.17) is 4.42 Å². The first-order valence-electron chi connectivity index (χ1n) is 8.72. The maximum absolute atomic E-state index is 14.8. The van der Waals surface area contributed by atoms with Crippen molar-refractivity contribution >= 4 is 22.1 Å². The Kier molecular flexibility index (Phi) is 3.90. The smallest absolute Gasteiger partial charge is 0.280 e. The molecule has 5 aromatic rings. The molecule has 142 valence electrons. The minimum atomic E-state index is -0.764. The molecule has 0 amide bonds. The highest BCUT2D eigenvalue weighted by molar-refractivity contribution is 5.80. The highest BCUT2D eigenvalue weighted by Gasteiger charge is 2.15. The van der Waals surface area contributed by atoms with Gasteiger partial charge in [-0.15, -0.1) is 0 Å². The molecule has 5 rings (SSSR count). The molecule has 29 heavy (non-hydrogen) atoms. The molecule has 0 aliphatic carbocycles. The molecule has 8 heteroatoms. The van der Waals surface area contributed by atoms with Gasteiger partial charge in [-0.05, 0) is 42.0 Å².